The third-order valence-corrected chi connectivity index (χ3v) is 9.89. The average Bonchev–Trinajstić information content (AvgIpc) is 3.37. The number of rotatable bonds is 4. The minimum absolute atomic E-state index is 0.104. The standard InChI is InChI=1S/C45H32N2/c1-45(2)40-25-11-10-21-35(40)39-24-13-23-38(43(39)45)34-26-27-37(33-20-9-8-19-32(33)34)42-28-41(46-44(47-42)30-15-4-3-5-16-30)36-22-12-17-29-14-6-7-18-31(29)36/h3-28H,1-2H3. The lowest BCUT2D eigenvalue weighted by Crippen LogP contribution is -2.16. The van der Waals surface area contributed by atoms with Gasteiger partial charge in [-0.25, -0.2) is 9.97 Å². The largest absolute Gasteiger partial charge is 0.228 e. The highest BCUT2D eigenvalue weighted by atomic mass is 14.9. The molecule has 1 aliphatic carbocycles. The van der Waals surface area contributed by atoms with Crippen LogP contribution >= 0.6 is 0 Å². The van der Waals surface area contributed by atoms with Gasteiger partial charge in [-0.2, -0.15) is 0 Å². The summed E-state index contributed by atoms with van der Waals surface area (Å²) in [5.74, 6) is 0.722. The second-order valence-electron chi connectivity index (χ2n) is 13.0. The quantitative estimate of drug-likeness (QED) is 0.201. The maximum Gasteiger partial charge on any atom is 0.160 e. The van der Waals surface area contributed by atoms with Crippen molar-refractivity contribution >= 4 is 21.5 Å². The van der Waals surface area contributed by atoms with Crippen LogP contribution in [-0.4, -0.2) is 9.97 Å². The van der Waals surface area contributed by atoms with Crippen LogP contribution in [0.2, 0.25) is 0 Å². The van der Waals surface area contributed by atoms with Crippen LogP contribution in [0.25, 0.3) is 77.7 Å². The van der Waals surface area contributed by atoms with Crippen molar-refractivity contribution in [2.24, 2.45) is 0 Å². The van der Waals surface area contributed by atoms with E-state index in [4.69, 9.17) is 9.97 Å². The summed E-state index contributed by atoms with van der Waals surface area (Å²) in [6.07, 6.45) is 0. The van der Waals surface area contributed by atoms with Gasteiger partial charge in [0, 0.05) is 22.1 Å². The summed E-state index contributed by atoms with van der Waals surface area (Å²) in [6, 6.07) is 56.4. The Kier molecular flexibility index (Phi) is 6.20. The van der Waals surface area contributed by atoms with E-state index < -0.39 is 0 Å². The van der Waals surface area contributed by atoms with Crippen molar-refractivity contribution in [3.05, 3.63) is 169 Å². The highest BCUT2D eigenvalue weighted by Gasteiger charge is 2.37. The zero-order valence-electron chi connectivity index (χ0n) is 26.4. The highest BCUT2D eigenvalue weighted by Crippen LogP contribution is 2.53. The monoisotopic (exact) mass is 600 g/mol. The molecule has 47 heavy (non-hydrogen) atoms. The zero-order valence-corrected chi connectivity index (χ0v) is 26.4. The highest BCUT2D eigenvalue weighted by molar-refractivity contribution is 6.06. The molecule has 0 spiro atoms. The van der Waals surface area contributed by atoms with E-state index >= 15 is 0 Å². The van der Waals surface area contributed by atoms with Crippen molar-refractivity contribution < 1.29 is 0 Å². The van der Waals surface area contributed by atoms with Gasteiger partial charge in [-0.1, -0.05) is 166 Å². The lowest BCUT2D eigenvalue weighted by atomic mass is 9.78. The number of benzene rings is 7. The number of hydrogen-bond donors (Lipinski definition) is 0. The van der Waals surface area contributed by atoms with Crippen molar-refractivity contribution in [2.75, 3.05) is 0 Å². The maximum atomic E-state index is 5.23. The molecule has 2 nitrogen and oxygen atoms in total. The summed E-state index contributed by atoms with van der Waals surface area (Å²) in [6.45, 7) is 4.72. The molecule has 0 saturated heterocycles. The number of aromatic nitrogens is 2. The second kappa shape index (κ2) is 10.6. The summed E-state index contributed by atoms with van der Waals surface area (Å²) < 4.78 is 0. The van der Waals surface area contributed by atoms with Crippen molar-refractivity contribution in [3.8, 4) is 56.2 Å². The third kappa shape index (κ3) is 4.33. The summed E-state index contributed by atoms with van der Waals surface area (Å²) in [5, 5.41) is 4.77. The van der Waals surface area contributed by atoms with Gasteiger partial charge in [-0.3, -0.25) is 0 Å². The number of nitrogens with zero attached hydrogens (tertiary/aromatic N) is 2. The van der Waals surface area contributed by atoms with Crippen LogP contribution in [0.1, 0.15) is 25.0 Å². The smallest absolute Gasteiger partial charge is 0.160 e. The Morgan fingerprint density at radius 3 is 1.70 bits per heavy atom. The van der Waals surface area contributed by atoms with Crippen LogP contribution in [0.15, 0.2) is 158 Å². The van der Waals surface area contributed by atoms with E-state index in [1.165, 1.54) is 54.9 Å². The Morgan fingerprint density at radius 1 is 0.404 bits per heavy atom. The Labute approximate surface area is 275 Å². The van der Waals surface area contributed by atoms with Gasteiger partial charge in [-0.05, 0) is 61.0 Å². The Morgan fingerprint density at radius 2 is 0.915 bits per heavy atom. The normalized spacial score (nSPS) is 13.1. The Balaban J connectivity index is 1.28. The molecular formula is C45H32N2. The lowest BCUT2D eigenvalue weighted by Gasteiger charge is -2.25. The molecule has 9 rings (SSSR count). The van der Waals surface area contributed by atoms with E-state index in [2.05, 4.69) is 153 Å². The predicted molar refractivity (Wildman–Crippen MR) is 196 cm³/mol. The van der Waals surface area contributed by atoms with Crippen LogP contribution in [0.3, 0.4) is 0 Å². The van der Waals surface area contributed by atoms with Crippen molar-refractivity contribution in [2.45, 2.75) is 19.3 Å². The molecule has 222 valence electrons. The molecule has 0 amide bonds. The van der Waals surface area contributed by atoms with E-state index in [1.54, 1.807) is 0 Å². The summed E-state index contributed by atoms with van der Waals surface area (Å²) in [7, 11) is 0. The van der Waals surface area contributed by atoms with E-state index in [1.807, 2.05) is 18.2 Å². The summed E-state index contributed by atoms with van der Waals surface area (Å²) in [5.41, 5.74) is 12.9. The minimum Gasteiger partial charge on any atom is -0.228 e. The van der Waals surface area contributed by atoms with Crippen molar-refractivity contribution in [1.82, 2.24) is 9.97 Å². The first-order chi connectivity index (χ1) is 23.1. The molecule has 1 aromatic heterocycles. The molecule has 0 fully saturated rings. The second-order valence-corrected chi connectivity index (χ2v) is 13.0. The zero-order chi connectivity index (χ0) is 31.5. The molecule has 8 aromatic rings. The van der Waals surface area contributed by atoms with Crippen molar-refractivity contribution in [1.29, 1.82) is 0 Å². The van der Waals surface area contributed by atoms with Gasteiger partial charge in [0.1, 0.15) is 0 Å². The van der Waals surface area contributed by atoms with Gasteiger partial charge in [0.15, 0.2) is 5.82 Å². The van der Waals surface area contributed by atoms with Gasteiger partial charge in [0.25, 0.3) is 0 Å². The van der Waals surface area contributed by atoms with Gasteiger partial charge in [0.05, 0.1) is 11.4 Å². The van der Waals surface area contributed by atoms with Gasteiger partial charge >= 0.3 is 0 Å². The molecule has 0 N–H and O–H groups in total. The average molecular weight is 601 g/mol. The fourth-order valence-corrected chi connectivity index (χ4v) is 7.72. The van der Waals surface area contributed by atoms with E-state index in [-0.39, 0.29) is 5.41 Å². The van der Waals surface area contributed by atoms with E-state index in [0.717, 1.165) is 33.9 Å². The van der Waals surface area contributed by atoms with Crippen molar-refractivity contribution in [3.63, 3.8) is 0 Å². The summed E-state index contributed by atoms with van der Waals surface area (Å²) >= 11 is 0. The molecule has 0 saturated carbocycles. The fraction of sp³-hybridized carbons (Fsp3) is 0.0667. The molecule has 0 radical (unpaired) electrons. The molecule has 1 aliphatic rings. The molecule has 2 heteroatoms. The van der Waals surface area contributed by atoms with E-state index in [9.17, 15) is 0 Å². The first kappa shape index (κ1) is 27.5. The Hall–Kier alpha value is -5.86. The van der Waals surface area contributed by atoms with Gasteiger partial charge in [0.2, 0.25) is 0 Å². The molecule has 7 aromatic carbocycles. The fourth-order valence-electron chi connectivity index (χ4n) is 7.72. The molecule has 0 bridgehead atoms. The van der Waals surface area contributed by atoms with Gasteiger partial charge in [-0.15, -0.1) is 0 Å². The predicted octanol–water partition coefficient (Wildman–Crippen LogP) is 11.8. The van der Waals surface area contributed by atoms with Crippen LogP contribution in [0.4, 0.5) is 0 Å². The molecule has 0 atom stereocenters. The topological polar surface area (TPSA) is 25.8 Å². The van der Waals surface area contributed by atoms with Crippen LogP contribution in [0.5, 0.6) is 0 Å². The molecular weight excluding hydrogens is 569 g/mol. The first-order valence-corrected chi connectivity index (χ1v) is 16.3. The molecule has 1 heterocycles. The molecule has 0 unspecified atom stereocenters. The lowest BCUT2D eigenvalue weighted by molar-refractivity contribution is 0.662. The van der Waals surface area contributed by atoms with Crippen LogP contribution in [-0.2, 0) is 5.41 Å². The SMILES string of the molecule is CC1(C)c2ccccc2-c2cccc(-c3ccc(-c4cc(-c5cccc6ccccc56)nc(-c5ccccc5)n4)c4ccccc34)c21. The first-order valence-electron chi connectivity index (χ1n) is 16.3. The van der Waals surface area contributed by atoms with E-state index in [0.29, 0.717) is 0 Å². The van der Waals surface area contributed by atoms with Gasteiger partial charge < -0.3 is 0 Å². The molecule has 0 aliphatic heterocycles. The minimum atomic E-state index is -0.104. The number of hydrogen-bond acceptors (Lipinski definition) is 2. The summed E-state index contributed by atoms with van der Waals surface area (Å²) in [4.78, 5) is 10.4. The number of fused-ring (bicyclic) bond motifs is 5. The third-order valence-electron chi connectivity index (χ3n) is 9.89. The maximum absolute atomic E-state index is 5.23. The van der Waals surface area contributed by atoms with Crippen LogP contribution in [0, 0.1) is 0 Å². The van der Waals surface area contributed by atoms with Crippen LogP contribution < -0.4 is 0 Å². The Bertz CT molecular complexity index is 2490.